The second kappa shape index (κ2) is 12.5. The third kappa shape index (κ3) is 9.04. The lowest BCUT2D eigenvalue weighted by molar-refractivity contribution is -0.120. The molecule has 0 saturated heterocycles. The standard InChI is InChI=1S/C17H27N3O.2ClH/c1-2-20(16-7-4-3-5-8-16)12-6-11-19-17(21)14-18-13-15-9-10-15;;/h3-5,7-8,15,18H,2,6,9-14H2,1H3,(H,19,21);2*1H. The lowest BCUT2D eigenvalue weighted by Crippen LogP contribution is -2.36. The Morgan fingerprint density at radius 3 is 2.52 bits per heavy atom. The molecule has 2 rings (SSSR count). The summed E-state index contributed by atoms with van der Waals surface area (Å²) in [6, 6.07) is 10.4. The molecule has 0 bridgehead atoms. The summed E-state index contributed by atoms with van der Waals surface area (Å²) in [5, 5.41) is 6.19. The average molecular weight is 362 g/mol. The Morgan fingerprint density at radius 2 is 1.91 bits per heavy atom. The summed E-state index contributed by atoms with van der Waals surface area (Å²) in [6.07, 6.45) is 3.61. The molecule has 1 aliphatic carbocycles. The molecular formula is C17H29Cl2N3O. The Hall–Kier alpha value is -0.970. The van der Waals surface area contributed by atoms with Crippen LogP contribution in [0.15, 0.2) is 30.3 Å². The molecule has 1 aromatic rings. The molecule has 0 atom stereocenters. The van der Waals surface area contributed by atoms with E-state index in [4.69, 9.17) is 0 Å². The van der Waals surface area contributed by atoms with Crippen LogP contribution < -0.4 is 15.5 Å². The smallest absolute Gasteiger partial charge is 0.233 e. The molecule has 1 fully saturated rings. The quantitative estimate of drug-likeness (QED) is 0.629. The number of hydrogen-bond donors (Lipinski definition) is 2. The van der Waals surface area contributed by atoms with Crippen molar-refractivity contribution >= 4 is 36.4 Å². The monoisotopic (exact) mass is 361 g/mol. The van der Waals surface area contributed by atoms with Crippen molar-refractivity contribution < 1.29 is 4.79 Å². The molecule has 2 N–H and O–H groups in total. The van der Waals surface area contributed by atoms with Crippen molar-refractivity contribution in [2.24, 2.45) is 5.92 Å². The Labute approximate surface area is 152 Å². The Bertz CT molecular complexity index is 427. The molecule has 1 saturated carbocycles. The van der Waals surface area contributed by atoms with E-state index in [1.165, 1.54) is 18.5 Å². The van der Waals surface area contributed by atoms with Gasteiger partial charge in [-0.2, -0.15) is 0 Å². The Kier molecular flexibility index (Phi) is 11.9. The van der Waals surface area contributed by atoms with Crippen molar-refractivity contribution in [3.8, 4) is 0 Å². The highest BCUT2D eigenvalue weighted by Crippen LogP contribution is 2.27. The van der Waals surface area contributed by atoms with Crippen LogP contribution in [0.2, 0.25) is 0 Å². The molecule has 0 unspecified atom stereocenters. The van der Waals surface area contributed by atoms with Crippen molar-refractivity contribution in [1.29, 1.82) is 0 Å². The van der Waals surface area contributed by atoms with Crippen LogP contribution in [0.1, 0.15) is 26.2 Å². The first-order chi connectivity index (χ1) is 10.3. The van der Waals surface area contributed by atoms with Gasteiger partial charge in [0.2, 0.25) is 5.91 Å². The van der Waals surface area contributed by atoms with E-state index in [0.29, 0.717) is 6.54 Å². The zero-order chi connectivity index (χ0) is 14.9. The zero-order valence-electron chi connectivity index (χ0n) is 13.8. The first-order valence-electron chi connectivity index (χ1n) is 8.07. The number of amides is 1. The molecule has 23 heavy (non-hydrogen) atoms. The highest BCUT2D eigenvalue weighted by Gasteiger charge is 2.20. The lowest BCUT2D eigenvalue weighted by atomic mass is 10.2. The fourth-order valence-electron chi connectivity index (χ4n) is 2.38. The van der Waals surface area contributed by atoms with Gasteiger partial charge >= 0.3 is 0 Å². The fourth-order valence-corrected chi connectivity index (χ4v) is 2.38. The Morgan fingerprint density at radius 1 is 1.22 bits per heavy atom. The predicted molar refractivity (Wildman–Crippen MR) is 102 cm³/mol. The highest BCUT2D eigenvalue weighted by atomic mass is 35.5. The van der Waals surface area contributed by atoms with Gasteiger partial charge in [0.25, 0.3) is 0 Å². The number of para-hydroxylation sites is 1. The van der Waals surface area contributed by atoms with E-state index in [1.54, 1.807) is 0 Å². The van der Waals surface area contributed by atoms with Crippen LogP contribution in [0.3, 0.4) is 0 Å². The minimum atomic E-state index is 0. The second-order valence-corrected chi connectivity index (χ2v) is 5.69. The summed E-state index contributed by atoms with van der Waals surface area (Å²) in [6.45, 7) is 6.30. The number of hydrogen-bond acceptors (Lipinski definition) is 3. The van der Waals surface area contributed by atoms with Crippen LogP contribution in [0.5, 0.6) is 0 Å². The van der Waals surface area contributed by atoms with Crippen molar-refractivity contribution in [2.75, 3.05) is 37.6 Å². The maximum atomic E-state index is 11.6. The molecule has 1 aromatic carbocycles. The number of rotatable bonds is 10. The largest absolute Gasteiger partial charge is 0.372 e. The summed E-state index contributed by atoms with van der Waals surface area (Å²) in [7, 11) is 0. The van der Waals surface area contributed by atoms with Crippen LogP contribution in [0, 0.1) is 5.92 Å². The van der Waals surface area contributed by atoms with Gasteiger partial charge in [-0.05, 0) is 50.8 Å². The van der Waals surface area contributed by atoms with Gasteiger partial charge in [0.15, 0.2) is 0 Å². The summed E-state index contributed by atoms with van der Waals surface area (Å²) < 4.78 is 0. The normalized spacial score (nSPS) is 12.7. The number of benzene rings is 1. The number of halogens is 2. The van der Waals surface area contributed by atoms with E-state index in [0.717, 1.165) is 38.5 Å². The maximum absolute atomic E-state index is 11.6. The number of carbonyl (C=O) groups excluding carboxylic acids is 1. The SMILES string of the molecule is CCN(CCCNC(=O)CNCC1CC1)c1ccccc1.Cl.Cl. The van der Waals surface area contributed by atoms with Crippen LogP contribution in [0.25, 0.3) is 0 Å². The first-order valence-corrected chi connectivity index (χ1v) is 8.07. The number of anilines is 1. The number of nitrogens with one attached hydrogen (secondary N) is 2. The molecule has 132 valence electrons. The Balaban J connectivity index is 0.00000242. The molecule has 1 aliphatic rings. The van der Waals surface area contributed by atoms with Gasteiger partial charge in [-0.15, -0.1) is 24.8 Å². The van der Waals surface area contributed by atoms with Crippen LogP contribution in [-0.2, 0) is 4.79 Å². The third-order valence-corrected chi connectivity index (χ3v) is 3.85. The molecule has 0 radical (unpaired) electrons. The molecule has 6 heteroatoms. The van der Waals surface area contributed by atoms with E-state index in [-0.39, 0.29) is 30.7 Å². The average Bonchev–Trinajstić information content (AvgIpc) is 3.32. The van der Waals surface area contributed by atoms with E-state index in [2.05, 4.69) is 46.7 Å². The maximum Gasteiger partial charge on any atom is 0.233 e. The predicted octanol–water partition coefficient (Wildman–Crippen LogP) is 2.86. The van der Waals surface area contributed by atoms with Gasteiger partial charge in [-0.3, -0.25) is 4.79 Å². The van der Waals surface area contributed by atoms with Gasteiger partial charge in [0.1, 0.15) is 0 Å². The van der Waals surface area contributed by atoms with Crippen molar-refractivity contribution in [3.63, 3.8) is 0 Å². The van der Waals surface area contributed by atoms with Crippen LogP contribution >= 0.6 is 24.8 Å². The topological polar surface area (TPSA) is 44.4 Å². The number of nitrogens with zero attached hydrogens (tertiary/aromatic N) is 1. The molecule has 1 amide bonds. The molecule has 0 heterocycles. The van der Waals surface area contributed by atoms with Crippen molar-refractivity contribution in [3.05, 3.63) is 30.3 Å². The molecule has 0 aromatic heterocycles. The minimum absolute atomic E-state index is 0. The molecule has 0 aliphatic heterocycles. The van der Waals surface area contributed by atoms with Gasteiger partial charge in [0, 0.05) is 25.3 Å². The molecular weight excluding hydrogens is 333 g/mol. The van der Waals surface area contributed by atoms with E-state index in [9.17, 15) is 4.79 Å². The summed E-state index contributed by atoms with van der Waals surface area (Å²) in [4.78, 5) is 14.0. The number of carbonyl (C=O) groups is 1. The van der Waals surface area contributed by atoms with Gasteiger partial charge < -0.3 is 15.5 Å². The van der Waals surface area contributed by atoms with Gasteiger partial charge in [-0.25, -0.2) is 0 Å². The van der Waals surface area contributed by atoms with Crippen molar-refractivity contribution in [2.45, 2.75) is 26.2 Å². The van der Waals surface area contributed by atoms with Crippen LogP contribution in [-0.4, -0.2) is 38.6 Å². The second-order valence-electron chi connectivity index (χ2n) is 5.69. The van der Waals surface area contributed by atoms with E-state index < -0.39 is 0 Å². The first kappa shape index (κ1) is 22.0. The third-order valence-electron chi connectivity index (χ3n) is 3.85. The van der Waals surface area contributed by atoms with Gasteiger partial charge in [-0.1, -0.05) is 18.2 Å². The summed E-state index contributed by atoms with van der Waals surface area (Å²) >= 11 is 0. The zero-order valence-corrected chi connectivity index (χ0v) is 15.4. The summed E-state index contributed by atoms with van der Waals surface area (Å²) in [5.41, 5.74) is 1.25. The van der Waals surface area contributed by atoms with E-state index in [1.807, 2.05) is 6.07 Å². The van der Waals surface area contributed by atoms with E-state index >= 15 is 0 Å². The summed E-state index contributed by atoms with van der Waals surface area (Å²) in [5.74, 6) is 0.931. The molecule has 0 spiro atoms. The van der Waals surface area contributed by atoms with Crippen LogP contribution in [0.4, 0.5) is 5.69 Å². The van der Waals surface area contributed by atoms with Gasteiger partial charge in [0.05, 0.1) is 6.54 Å². The minimum Gasteiger partial charge on any atom is -0.372 e. The van der Waals surface area contributed by atoms with Crippen molar-refractivity contribution in [1.82, 2.24) is 10.6 Å². The fraction of sp³-hybridized carbons (Fsp3) is 0.588. The molecule has 4 nitrogen and oxygen atoms in total. The lowest BCUT2D eigenvalue weighted by Gasteiger charge is -2.23. The highest BCUT2D eigenvalue weighted by molar-refractivity contribution is 5.85.